The van der Waals surface area contributed by atoms with E-state index in [1.165, 1.54) is 0 Å². The molecule has 0 radical (unpaired) electrons. The van der Waals surface area contributed by atoms with Crippen LogP contribution in [0.5, 0.6) is 0 Å². The van der Waals surface area contributed by atoms with Gasteiger partial charge in [0.15, 0.2) is 0 Å². The van der Waals surface area contributed by atoms with E-state index in [2.05, 4.69) is 41.0 Å². The summed E-state index contributed by atoms with van der Waals surface area (Å²) in [7, 11) is 0. The van der Waals surface area contributed by atoms with Gasteiger partial charge in [0.2, 0.25) is 5.91 Å². The zero-order valence-electron chi connectivity index (χ0n) is 23.7. The largest absolute Gasteiger partial charge is 0.449 e. The van der Waals surface area contributed by atoms with Crippen LogP contribution in [-0.4, -0.2) is 48.6 Å². The third-order valence-corrected chi connectivity index (χ3v) is 8.14. The maximum absolute atomic E-state index is 13.6. The normalized spacial score (nSPS) is 14.8. The molecular weight excluding hydrogens is 530 g/mol. The molecule has 1 aliphatic carbocycles. The number of carbonyl (C=O) groups is 3. The summed E-state index contributed by atoms with van der Waals surface area (Å²) < 4.78 is 5.78. The van der Waals surface area contributed by atoms with Crippen LogP contribution in [0.4, 0.5) is 4.79 Å². The smallest absolute Gasteiger partial charge is 0.407 e. The Kier molecular flexibility index (Phi) is 9.34. The van der Waals surface area contributed by atoms with E-state index in [4.69, 9.17) is 10.6 Å². The summed E-state index contributed by atoms with van der Waals surface area (Å²) in [6.45, 7) is 5.61. The predicted octanol–water partition coefficient (Wildman–Crippen LogP) is 5.36. The number of carbonyl (C=O) groups excluding carboxylic acids is 3. The molecule has 0 saturated carbocycles. The molecule has 0 spiro atoms. The minimum atomic E-state index is -0.783. The second-order valence-corrected chi connectivity index (χ2v) is 10.9. The summed E-state index contributed by atoms with van der Waals surface area (Å²) in [5.74, 6) is 4.25. The van der Waals surface area contributed by atoms with Crippen molar-refractivity contribution in [1.82, 2.24) is 10.2 Å². The van der Waals surface area contributed by atoms with Crippen molar-refractivity contribution >= 4 is 23.5 Å². The molecule has 42 heavy (non-hydrogen) atoms. The lowest BCUT2D eigenvalue weighted by Crippen LogP contribution is -2.51. The van der Waals surface area contributed by atoms with Crippen LogP contribution in [-0.2, 0) is 25.6 Å². The van der Waals surface area contributed by atoms with Crippen LogP contribution in [0.3, 0.4) is 0 Å². The topological polar surface area (TPSA) is 111 Å². The Balaban J connectivity index is 1.28. The molecule has 3 N–H and O–H groups in total. The van der Waals surface area contributed by atoms with Gasteiger partial charge in [-0.2, -0.15) is 5.90 Å². The molecule has 5 rings (SSSR count). The van der Waals surface area contributed by atoms with Crippen LogP contribution in [0.2, 0.25) is 0 Å². The van der Waals surface area contributed by atoms with Gasteiger partial charge in [0.05, 0.1) is 6.42 Å². The van der Waals surface area contributed by atoms with E-state index in [9.17, 15) is 14.4 Å². The lowest BCUT2D eigenvalue weighted by molar-refractivity contribution is -0.144. The number of nitrogens with one attached hydrogen (secondary N) is 1. The SMILES string of the molecule is C=C(CCC(=O)ON)c1cccc(C[C@H](NC(=O)OCC2c3ccccc3-c3ccccc32)C(=O)N2CCCCC2)c1. The molecule has 1 saturated heterocycles. The molecule has 2 amide bonds. The van der Waals surface area contributed by atoms with E-state index in [0.717, 1.165) is 58.2 Å². The molecule has 8 heteroatoms. The third kappa shape index (κ3) is 6.71. The number of ether oxygens (including phenoxy) is 1. The molecule has 0 unspecified atom stereocenters. The number of fused-ring (bicyclic) bond motifs is 3. The Hall–Kier alpha value is -4.43. The minimum absolute atomic E-state index is 0.0707. The molecule has 1 heterocycles. The van der Waals surface area contributed by atoms with Gasteiger partial charge in [-0.25, -0.2) is 4.79 Å². The van der Waals surface area contributed by atoms with Crippen molar-refractivity contribution in [2.75, 3.05) is 19.7 Å². The third-order valence-electron chi connectivity index (χ3n) is 8.14. The molecule has 0 bridgehead atoms. The monoisotopic (exact) mass is 567 g/mol. The van der Waals surface area contributed by atoms with Gasteiger partial charge in [0, 0.05) is 25.4 Å². The highest BCUT2D eigenvalue weighted by atomic mass is 16.7. The molecule has 1 aliphatic heterocycles. The van der Waals surface area contributed by atoms with Crippen molar-refractivity contribution in [2.45, 2.75) is 50.5 Å². The van der Waals surface area contributed by atoms with Crippen LogP contribution < -0.4 is 11.2 Å². The molecule has 2 aliphatic rings. The second-order valence-electron chi connectivity index (χ2n) is 10.9. The molecule has 3 aromatic carbocycles. The van der Waals surface area contributed by atoms with Crippen LogP contribution >= 0.6 is 0 Å². The lowest BCUT2D eigenvalue weighted by atomic mass is 9.97. The quantitative estimate of drug-likeness (QED) is 0.319. The van der Waals surface area contributed by atoms with Crippen molar-refractivity contribution in [3.05, 3.63) is 102 Å². The van der Waals surface area contributed by atoms with Crippen molar-refractivity contribution in [3.8, 4) is 11.1 Å². The van der Waals surface area contributed by atoms with Gasteiger partial charge in [-0.15, -0.1) is 0 Å². The van der Waals surface area contributed by atoms with E-state index in [1.54, 1.807) is 0 Å². The number of likely N-dealkylation sites (tertiary alicyclic amines) is 1. The maximum atomic E-state index is 13.6. The van der Waals surface area contributed by atoms with Gasteiger partial charge in [-0.3, -0.25) is 9.59 Å². The Morgan fingerprint density at radius 2 is 1.57 bits per heavy atom. The minimum Gasteiger partial charge on any atom is -0.449 e. The number of nitrogens with zero attached hydrogens (tertiary/aromatic N) is 1. The average molecular weight is 568 g/mol. The van der Waals surface area contributed by atoms with E-state index in [-0.39, 0.29) is 24.9 Å². The van der Waals surface area contributed by atoms with E-state index in [1.807, 2.05) is 53.4 Å². The fourth-order valence-corrected chi connectivity index (χ4v) is 5.93. The van der Waals surface area contributed by atoms with Gasteiger partial charge in [0.25, 0.3) is 0 Å². The molecule has 0 aromatic heterocycles. The molecule has 8 nitrogen and oxygen atoms in total. The Labute approximate surface area is 246 Å². The highest BCUT2D eigenvalue weighted by molar-refractivity contribution is 5.86. The van der Waals surface area contributed by atoms with E-state index in [0.29, 0.717) is 25.9 Å². The molecule has 1 atom stereocenters. The second kappa shape index (κ2) is 13.5. The summed E-state index contributed by atoms with van der Waals surface area (Å²) in [6, 6.07) is 23.2. The number of nitrogens with two attached hydrogens (primary N) is 1. The standard InChI is InChI=1S/C34H37N3O5/c1-23(16-17-32(38)42-35)25-11-9-10-24(20-25)21-31(33(39)37-18-7-2-8-19-37)36-34(40)41-22-30-28-14-5-3-12-26(28)27-13-4-6-15-29(27)30/h3-6,9-15,20,30-31H,1-2,7-8,16-19,21-22,35H2,(H,36,40)/t31-/m0/s1. The van der Waals surface area contributed by atoms with Gasteiger partial charge < -0.3 is 19.8 Å². The summed E-state index contributed by atoms with van der Waals surface area (Å²) in [6.07, 6.45) is 3.19. The number of hydrogen-bond donors (Lipinski definition) is 2. The summed E-state index contributed by atoms with van der Waals surface area (Å²) in [5.41, 5.74) is 7.04. The van der Waals surface area contributed by atoms with Crippen molar-refractivity contribution < 1.29 is 24.0 Å². The molecule has 218 valence electrons. The van der Waals surface area contributed by atoms with Crippen LogP contribution in [0.15, 0.2) is 79.4 Å². The number of rotatable bonds is 10. The van der Waals surface area contributed by atoms with Gasteiger partial charge >= 0.3 is 12.1 Å². The summed E-state index contributed by atoms with van der Waals surface area (Å²) >= 11 is 0. The van der Waals surface area contributed by atoms with Gasteiger partial charge in [0.1, 0.15) is 12.6 Å². The number of hydrogen-bond acceptors (Lipinski definition) is 6. The molecule has 1 fully saturated rings. The number of alkyl carbamates (subject to hydrolysis) is 1. The van der Waals surface area contributed by atoms with Crippen LogP contribution in [0, 0.1) is 0 Å². The first-order valence-corrected chi connectivity index (χ1v) is 14.5. The maximum Gasteiger partial charge on any atom is 0.407 e. The van der Waals surface area contributed by atoms with Crippen molar-refractivity contribution in [1.29, 1.82) is 0 Å². The Morgan fingerprint density at radius 1 is 0.905 bits per heavy atom. The van der Waals surface area contributed by atoms with Gasteiger partial charge in [-0.1, -0.05) is 79.4 Å². The zero-order chi connectivity index (χ0) is 29.5. The lowest BCUT2D eigenvalue weighted by Gasteiger charge is -2.31. The molecular formula is C34H37N3O5. The number of benzene rings is 3. The van der Waals surface area contributed by atoms with Crippen molar-refractivity contribution in [3.63, 3.8) is 0 Å². The van der Waals surface area contributed by atoms with Crippen LogP contribution in [0.1, 0.15) is 60.3 Å². The summed E-state index contributed by atoms with van der Waals surface area (Å²) in [4.78, 5) is 44.4. The summed E-state index contributed by atoms with van der Waals surface area (Å²) in [5, 5.41) is 2.88. The van der Waals surface area contributed by atoms with Crippen molar-refractivity contribution in [2.24, 2.45) is 5.90 Å². The number of amides is 2. The van der Waals surface area contributed by atoms with E-state index < -0.39 is 18.1 Å². The molecule has 3 aromatic rings. The highest BCUT2D eigenvalue weighted by Crippen LogP contribution is 2.44. The zero-order valence-corrected chi connectivity index (χ0v) is 23.7. The van der Waals surface area contributed by atoms with Gasteiger partial charge in [-0.05, 0) is 64.6 Å². The first-order chi connectivity index (χ1) is 20.4. The number of allylic oxidation sites excluding steroid dienone is 1. The Morgan fingerprint density at radius 3 is 2.24 bits per heavy atom. The van der Waals surface area contributed by atoms with E-state index >= 15 is 0 Å². The van der Waals surface area contributed by atoms with Crippen LogP contribution in [0.25, 0.3) is 16.7 Å². The highest BCUT2D eigenvalue weighted by Gasteiger charge is 2.31. The fourth-order valence-electron chi connectivity index (χ4n) is 5.93. The number of piperidine rings is 1. The Bertz CT molecular complexity index is 1420. The fraction of sp³-hybridized carbons (Fsp3) is 0.324. The average Bonchev–Trinajstić information content (AvgIpc) is 3.35. The predicted molar refractivity (Wildman–Crippen MR) is 161 cm³/mol. The first-order valence-electron chi connectivity index (χ1n) is 14.5. The first kappa shape index (κ1) is 29.1.